The number of amides is 2. The molecule has 96 valence electrons. The summed E-state index contributed by atoms with van der Waals surface area (Å²) in [6.45, 7) is -0.0974. The van der Waals surface area contributed by atoms with Gasteiger partial charge in [-0.05, 0) is 0 Å². The molecule has 0 saturated carbocycles. The molecule has 2 fully saturated rings. The van der Waals surface area contributed by atoms with Crippen LogP contribution in [0, 0.1) is 0 Å². The fraction of sp³-hybridized carbons (Fsp3) is 0.778. The molecule has 0 aliphatic carbocycles. The molecule has 4 atom stereocenters. The molecular formula is C9H14N2O5S. The third-order valence-electron chi connectivity index (χ3n) is 2.91. The summed E-state index contributed by atoms with van der Waals surface area (Å²) in [5.74, 6) is 0. The molecule has 7 nitrogen and oxygen atoms in total. The second kappa shape index (κ2) is 4.83. The molecule has 2 aliphatic heterocycles. The van der Waals surface area contributed by atoms with Crippen LogP contribution in [0.25, 0.3) is 0 Å². The lowest BCUT2D eigenvalue weighted by molar-refractivity contribution is -0.0791. The van der Waals surface area contributed by atoms with Crippen molar-refractivity contribution in [3.8, 4) is 0 Å². The highest BCUT2D eigenvalue weighted by Gasteiger charge is 2.47. The summed E-state index contributed by atoms with van der Waals surface area (Å²) in [5, 5.41) is 30.7. The van der Waals surface area contributed by atoms with E-state index in [9.17, 15) is 15.0 Å². The van der Waals surface area contributed by atoms with E-state index in [0.29, 0.717) is 18.0 Å². The lowest BCUT2D eigenvalue weighted by Gasteiger charge is -2.33. The fourth-order valence-electron chi connectivity index (χ4n) is 1.96. The summed E-state index contributed by atoms with van der Waals surface area (Å²) >= 11 is 4.86. The lowest BCUT2D eigenvalue weighted by Crippen LogP contribution is -2.56. The first-order valence-electron chi connectivity index (χ1n) is 5.27. The zero-order valence-corrected chi connectivity index (χ0v) is 9.76. The van der Waals surface area contributed by atoms with E-state index in [4.69, 9.17) is 22.1 Å². The standard InChI is InChI=1S/C9H14N2O5S/c12-3-4-6(13)7(14)8(16-4)11-2-1-5(17)10-9(11)15/h4,6-8,12-14H,1-3H2,(H,10,15,17). The van der Waals surface area contributed by atoms with Crippen LogP contribution in [0.4, 0.5) is 4.79 Å². The highest BCUT2D eigenvalue weighted by molar-refractivity contribution is 7.80. The van der Waals surface area contributed by atoms with E-state index < -0.39 is 37.2 Å². The molecule has 0 spiro atoms. The number of carbonyl (C=O) groups excluding carboxylic acids is 1. The zero-order valence-electron chi connectivity index (χ0n) is 8.94. The maximum Gasteiger partial charge on any atom is 0.324 e. The summed E-state index contributed by atoms with van der Waals surface area (Å²) in [6, 6.07) is -0.462. The van der Waals surface area contributed by atoms with Crippen molar-refractivity contribution in [1.82, 2.24) is 10.2 Å². The number of nitrogens with one attached hydrogen (secondary N) is 1. The van der Waals surface area contributed by atoms with Gasteiger partial charge in [0.15, 0.2) is 6.23 Å². The largest absolute Gasteiger partial charge is 0.394 e. The van der Waals surface area contributed by atoms with Crippen LogP contribution in [0.15, 0.2) is 0 Å². The van der Waals surface area contributed by atoms with Crippen LogP contribution < -0.4 is 5.32 Å². The average Bonchev–Trinajstić information content (AvgIpc) is 2.57. The SMILES string of the molecule is O=C1NC(=S)CCN1C1OC(CO)C(O)C1O. The minimum atomic E-state index is -1.23. The van der Waals surface area contributed by atoms with Gasteiger partial charge in [0, 0.05) is 13.0 Å². The van der Waals surface area contributed by atoms with Gasteiger partial charge in [-0.25, -0.2) is 4.79 Å². The predicted molar refractivity (Wildman–Crippen MR) is 60.2 cm³/mol. The van der Waals surface area contributed by atoms with Gasteiger partial charge in [0.1, 0.15) is 18.3 Å². The molecule has 2 heterocycles. The lowest BCUT2D eigenvalue weighted by atomic mass is 10.1. The molecular weight excluding hydrogens is 248 g/mol. The van der Waals surface area contributed by atoms with Crippen molar-refractivity contribution in [3.05, 3.63) is 0 Å². The summed E-state index contributed by atoms with van der Waals surface area (Å²) in [5.41, 5.74) is 0. The Morgan fingerprint density at radius 1 is 1.47 bits per heavy atom. The summed E-state index contributed by atoms with van der Waals surface area (Å²) < 4.78 is 5.25. The Morgan fingerprint density at radius 2 is 2.18 bits per heavy atom. The van der Waals surface area contributed by atoms with Crippen LogP contribution in [0.3, 0.4) is 0 Å². The van der Waals surface area contributed by atoms with Crippen molar-refractivity contribution in [2.24, 2.45) is 0 Å². The van der Waals surface area contributed by atoms with E-state index in [1.54, 1.807) is 0 Å². The van der Waals surface area contributed by atoms with Crippen LogP contribution in [0.1, 0.15) is 6.42 Å². The van der Waals surface area contributed by atoms with Crippen molar-refractivity contribution in [1.29, 1.82) is 0 Å². The van der Waals surface area contributed by atoms with Crippen molar-refractivity contribution < 1.29 is 24.9 Å². The Bertz CT molecular complexity index is 339. The van der Waals surface area contributed by atoms with Crippen LogP contribution in [0.2, 0.25) is 0 Å². The first-order valence-corrected chi connectivity index (χ1v) is 5.68. The topological polar surface area (TPSA) is 102 Å². The number of hydrogen-bond donors (Lipinski definition) is 4. The van der Waals surface area contributed by atoms with Gasteiger partial charge in [-0.15, -0.1) is 0 Å². The van der Waals surface area contributed by atoms with Crippen molar-refractivity contribution in [2.75, 3.05) is 13.2 Å². The normalized spacial score (nSPS) is 38.4. The van der Waals surface area contributed by atoms with Crippen molar-refractivity contribution in [3.63, 3.8) is 0 Å². The Hall–Kier alpha value is -0.800. The van der Waals surface area contributed by atoms with Crippen LogP contribution in [0.5, 0.6) is 0 Å². The van der Waals surface area contributed by atoms with Gasteiger partial charge in [0.2, 0.25) is 0 Å². The highest BCUT2D eigenvalue weighted by atomic mass is 32.1. The molecule has 2 amide bonds. The monoisotopic (exact) mass is 262 g/mol. The van der Waals surface area contributed by atoms with Crippen LogP contribution in [-0.4, -0.2) is 68.9 Å². The van der Waals surface area contributed by atoms with Gasteiger partial charge < -0.3 is 25.4 Å². The van der Waals surface area contributed by atoms with Crippen molar-refractivity contribution >= 4 is 23.2 Å². The average molecular weight is 262 g/mol. The zero-order chi connectivity index (χ0) is 12.6. The molecule has 0 aromatic heterocycles. The van der Waals surface area contributed by atoms with Gasteiger partial charge in [-0.1, -0.05) is 12.2 Å². The van der Waals surface area contributed by atoms with Gasteiger partial charge in [-0.2, -0.15) is 0 Å². The number of urea groups is 1. The third kappa shape index (κ3) is 2.26. The number of thiocarbonyl (C=S) groups is 1. The molecule has 2 saturated heterocycles. The highest BCUT2D eigenvalue weighted by Crippen LogP contribution is 2.25. The predicted octanol–water partition coefficient (Wildman–Crippen LogP) is -1.83. The number of aliphatic hydroxyl groups is 3. The van der Waals surface area contributed by atoms with Crippen LogP contribution >= 0.6 is 12.2 Å². The van der Waals surface area contributed by atoms with E-state index >= 15 is 0 Å². The fourth-order valence-corrected chi connectivity index (χ4v) is 2.14. The van der Waals surface area contributed by atoms with Crippen LogP contribution in [-0.2, 0) is 4.74 Å². The van der Waals surface area contributed by atoms with Crippen molar-refractivity contribution in [2.45, 2.75) is 31.0 Å². The third-order valence-corrected chi connectivity index (χ3v) is 3.22. The smallest absolute Gasteiger partial charge is 0.324 e. The van der Waals surface area contributed by atoms with Gasteiger partial charge >= 0.3 is 6.03 Å². The number of carbonyl (C=O) groups is 1. The molecule has 0 radical (unpaired) electrons. The summed E-state index contributed by atoms with van der Waals surface area (Å²) in [6.07, 6.45) is -3.79. The van der Waals surface area contributed by atoms with Gasteiger partial charge in [-0.3, -0.25) is 4.90 Å². The number of aliphatic hydroxyl groups excluding tert-OH is 3. The minimum Gasteiger partial charge on any atom is -0.394 e. The van der Waals surface area contributed by atoms with E-state index in [1.807, 2.05) is 0 Å². The molecule has 8 heteroatoms. The quantitative estimate of drug-likeness (QED) is 0.437. The van der Waals surface area contributed by atoms with E-state index in [2.05, 4.69) is 5.32 Å². The molecule has 0 aromatic rings. The molecule has 2 aliphatic rings. The summed E-state index contributed by atoms with van der Waals surface area (Å²) in [4.78, 5) is 13.3. The Kier molecular flexibility index (Phi) is 3.59. The van der Waals surface area contributed by atoms with E-state index in [0.717, 1.165) is 0 Å². The molecule has 17 heavy (non-hydrogen) atoms. The number of ether oxygens (including phenoxy) is 1. The molecule has 0 aromatic carbocycles. The Labute approximate surface area is 103 Å². The Morgan fingerprint density at radius 3 is 2.71 bits per heavy atom. The van der Waals surface area contributed by atoms with Gasteiger partial charge in [0.25, 0.3) is 0 Å². The van der Waals surface area contributed by atoms with E-state index in [-0.39, 0.29) is 0 Å². The second-order valence-corrected chi connectivity index (χ2v) is 4.52. The number of hydrogen-bond acceptors (Lipinski definition) is 6. The molecule has 0 bridgehead atoms. The number of nitrogens with zero attached hydrogens (tertiary/aromatic N) is 1. The molecule has 4 N–H and O–H groups in total. The maximum absolute atomic E-state index is 11.6. The Balaban J connectivity index is 2.08. The van der Waals surface area contributed by atoms with Gasteiger partial charge in [0.05, 0.1) is 11.6 Å². The molecule has 2 rings (SSSR count). The minimum absolute atomic E-state index is 0.317. The summed E-state index contributed by atoms with van der Waals surface area (Å²) in [7, 11) is 0. The number of rotatable bonds is 2. The first-order chi connectivity index (χ1) is 8.04. The molecule has 4 unspecified atom stereocenters. The second-order valence-electron chi connectivity index (χ2n) is 4.03. The first kappa shape index (κ1) is 12.7. The van der Waals surface area contributed by atoms with E-state index in [1.165, 1.54) is 4.90 Å². The maximum atomic E-state index is 11.6.